The molecular formula is C38H28N2SSe. The summed E-state index contributed by atoms with van der Waals surface area (Å²) in [6.07, 6.45) is 0. The molecule has 5 aromatic carbocycles. The normalized spacial score (nSPS) is 12.3. The van der Waals surface area contributed by atoms with Crippen LogP contribution in [0, 0.1) is 27.7 Å². The third kappa shape index (κ3) is 3.37. The van der Waals surface area contributed by atoms with Gasteiger partial charge in [0.05, 0.1) is 0 Å². The van der Waals surface area contributed by atoms with Gasteiger partial charge in [0.2, 0.25) is 0 Å². The number of thiophene rings is 1. The van der Waals surface area contributed by atoms with Gasteiger partial charge < -0.3 is 0 Å². The van der Waals surface area contributed by atoms with Crippen LogP contribution in [0.2, 0.25) is 0 Å². The zero-order chi connectivity index (χ0) is 28.3. The molecule has 0 atom stereocenters. The van der Waals surface area contributed by atoms with Crippen molar-refractivity contribution in [1.82, 2.24) is 9.13 Å². The van der Waals surface area contributed by atoms with Crippen molar-refractivity contribution in [1.29, 1.82) is 0 Å². The standard InChI is InChI=1S/C38H28N2SSe/c1-21-5-11-25(12-6-21)39-31-17-23(3)9-15-27(31)37-35(39)29-20-34-30(19-33(29)41-37)36-38(42-34)28-16-10-24(4)18-32(28)40(36)26-13-7-22(2)8-14-26/h5-20H,1-4H3. The van der Waals surface area contributed by atoms with E-state index in [1.807, 2.05) is 11.3 Å². The quantitative estimate of drug-likeness (QED) is 0.170. The Morgan fingerprint density at radius 1 is 0.500 bits per heavy atom. The second kappa shape index (κ2) is 8.72. The topological polar surface area (TPSA) is 9.86 Å². The Balaban J connectivity index is 1.42. The second-order valence-electron chi connectivity index (χ2n) is 11.8. The number of hydrogen-bond donors (Lipinski definition) is 0. The van der Waals surface area contributed by atoms with E-state index in [0.29, 0.717) is 0 Å². The molecule has 4 aromatic heterocycles. The number of aromatic nitrogens is 2. The first-order valence-electron chi connectivity index (χ1n) is 14.4. The summed E-state index contributed by atoms with van der Waals surface area (Å²) in [5.74, 6) is 0. The predicted octanol–water partition coefficient (Wildman–Crippen LogP) is 10.5. The minimum absolute atomic E-state index is 0.230. The van der Waals surface area contributed by atoms with Crippen LogP contribution in [0.1, 0.15) is 22.3 Å². The van der Waals surface area contributed by atoms with Crippen molar-refractivity contribution in [3.8, 4) is 11.4 Å². The number of hydrogen-bond acceptors (Lipinski definition) is 1. The van der Waals surface area contributed by atoms with Crippen molar-refractivity contribution in [3.05, 3.63) is 119 Å². The number of rotatable bonds is 2. The van der Waals surface area contributed by atoms with Crippen LogP contribution in [0.15, 0.2) is 97.1 Å². The Kier molecular flexibility index (Phi) is 5.09. The molecule has 0 amide bonds. The molecule has 9 rings (SSSR count). The first-order chi connectivity index (χ1) is 20.4. The molecule has 4 heterocycles. The Hall–Kier alpha value is -4.08. The molecule has 0 saturated heterocycles. The van der Waals surface area contributed by atoms with Crippen LogP contribution in [0.3, 0.4) is 0 Å². The van der Waals surface area contributed by atoms with Crippen LogP contribution >= 0.6 is 11.3 Å². The van der Waals surface area contributed by atoms with Gasteiger partial charge in [0.15, 0.2) is 0 Å². The fraction of sp³-hybridized carbons (Fsp3) is 0.105. The molecule has 0 radical (unpaired) electrons. The number of nitrogens with zero attached hydrogens (tertiary/aromatic N) is 2. The molecule has 0 N–H and O–H groups in total. The number of benzene rings is 5. The van der Waals surface area contributed by atoms with E-state index in [4.69, 9.17) is 0 Å². The number of aryl methyl sites for hydroxylation is 4. The molecule has 0 spiro atoms. The van der Waals surface area contributed by atoms with Crippen LogP contribution in [0.5, 0.6) is 0 Å². The SMILES string of the molecule is Cc1ccc(-n2c3cc(C)ccc3c3sc4cc5c(cc4c32)[se]c2c3ccc(C)cc3n(-c3ccc(C)cc3)c52)cc1. The van der Waals surface area contributed by atoms with Gasteiger partial charge in [-0.1, -0.05) is 0 Å². The molecule has 2 nitrogen and oxygen atoms in total. The molecule has 9 aromatic rings. The molecule has 0 unspecified atom stereocenters. The Labute approximate surface area is 253 Å². The maximum absolute atomic E-state index is 2.53. The third-order valence-electron chi connectivity index (χ3n) is 8.76. The summed E-state index contributed by atoms with van der Waals surface area (Å²) in [6.45, 7) is 8.72. The van der Waals surface area contributed by atoms with Gasteiger partial charge in [-0.25, -0.2) is 0 Å². The minimum atomic E-state index is 0.230. The Morgan fingerprint density at radius 3 is 1.69 bits per heavy atom. The van der Waals surface area contributed by atoms with E-state index in [1.165, 1.54) is 95.2 Å². The summed E-state index contributed by atoms with van der Waals surface area (Å²) in [7, 11) is 0. The summed E-state index contributed by atoms with van der Waals surface area (Å²) >= 11 is 2.18. The van der Waals surface area contributed by atoms with Crippen molar-refractivity contribution < 1.29 is 0 Å². The third-order valence-corrected chi connectivity index (χ3v) is 12.4. The summed E-state index contributed by atoms with van der Waals surface area (Å²) < 4.78 is 10.8. The molecule has 0 saturated carbocycles. The average Bonchev–Trinajstić information content (AvgIpc) is 3.69. The molecule has 0 aliphatic heterocycles. The fourth-order valence-electron chi connectivity index (χ4n) is 6.67. The molecule has 42 heavy (non-hydrogen) atoms. The summed E-state index contributed by atoms with van der Waals surface area (Å²) in [5.41, 5.74) is 13.0. The van der Waals surface area contributed by atoms with E-state index in [1.54, 1.807) is 0 Å². The van der Waals surface area contributed by atoms with E-state index in [0.717, 1.165) is 0 Å². The molecular weight excluding hydrogens is 595 g/mol. The van der Waals surface area contributed by atoms with Crippen LogP contribution < -0.4 is 0 Å². The van der Waals surface area contributed by atoms with Gasteiger partial charge in [-0.2, -0.15) is 0 Å². The zero-order valence-corrected chi connectivity index (χ0v) is 26.5. The van der Waals surface area contributed by atoms with Gasteiger partial charge in [-0.3, -0.25) is 0 Å². The summed E-state index contributed by atoms with van der Waals surface area (Å²) in [6, 6.07) is 36.9. The second-order valence-corrected chi connectivity index (χ2v) is 15.0. The van der Waals surface area contributed by atoms with Gasteiger partial charge in [-0.15, -0.1) is 0 Å². The predicted molar refractivity (Wildman–Crippen MR) is 184 cm³/mol. The van der Waals surface area contributed by atoms with Gasteiger partial charge in [0, 0.05) is 0 Å². The van der Waals surface area contributed by atoms with E-state index >= 15 is 0 Å². The van der Waals surface area contributed by atoms with Crippen molar-refractivity contribution in [3.63, 3.8) is 0 Å². The average molecular weight is 624 g/mol. The summed E-state index contributed by atoms with van der Waals surface area (Å²) in [5, 5.41) is 5.51. The molecule has 0 aliphatic rings. The van der Waals surface area contributed by atoms with Crippen molar-refractivity contribution in [2.24, 2.45) is 0 Å². The van der Waals surface area contributed by atoms with Gasteiger partial charge >= 0.3 is 255 Å². The van der Waals surface area contributed by atoms with Crippen molar-refractivity contribution in [2.45, 2.75) is 27.7 Å². The first kappa shape index (κ1) is 24.5. The maximum atomic E-state index is 2.53. The van der Waals surface area contributed by atoms with Crippen LogP contribution in [0.25, 0.3) is 72.9 Å². The monoisotopic (exact) mass is 624 g/mol. The van der Waals surface area contributed by atoms with Gasteiger partial charge in [-0.05, 0) is 0 Å². The zero-order valence-electron chi connectivity index (χ0n) is 23.9. The van der Waals surface area contributed by atoms with E-state index < -0.39 is 0 Å². The van der Waals surface area contributed by atoms with E-state index in [2.05, 4.69) is 134 Å². The summed E-state index contributed by atoms with van der Waals surface area (Å²) in [4.78, 5) is 0. The molecule has 0 bridgehead atoms. The van der Waals surface area contributed by atoms with Crippen LogP contribution in [-0.4, -0.2) is 23.6 Å². The van der Waals surface area contributed by atoms with Crippen molar-refractivity contribution >= 4 is 87.4 Å². The number of fused-ring (bicyclic) bond motifs is 10. The van der Waals surface area contributed by atoms with E-state index in [-0.39, 0.29) is 14.5 Å². The van der Waals surface area contributed by atoms with Crippen LogP contribution in [0.4, 0.5) is 0 Å². The Bertz CT molecular complexity index is 2350. The van der Waals surface area contributed by atoms with Crippen LogP contribution in [-0.2, 0) is 0 Å². The molecule has 0 aliphatic carbocycles. The first-order valence-corrected chi connectivity index (χ1v) is 17.0. The molecule has 4 heteroatoms. The molecule has 202 valence electrons. The molecule has 0 fully saturated rings. The van der Waals surface area contributed by atoms with Gasteiger partial charge in [0.1, 0.15) is 0 Å². The van der Waals surface area contributed by atoms with Gasteiger partial charge in [0.25, 0.3) is 0 Å². The van der Waals surface area contributed by atoms with E-state index in [9.17, 15) is 0 Å². The Morgan fingerprint density at radius 2 is 1.05 bits per heavy atom. The fourth-order valence-corrected chi connectivity index (χ4v) is 10.5. The van der Waals surface area contributed by atoms with Crippen molar-refractivity contribution in [2.75, 3.05) is 0 Å².